The lowest BCUT2D eigenvalue weighted by atomic mass is 9.85. The van der Waals surface area contributed by atoms with Gasteiger partial charge >= 0.3 is 0 Å². The molecule has 0 amide bonds. The third kappa shape index (κ3) is 3.03. The number of nitrogens with zero attached hydrogens (tertiary/aromatic N) is 1. The van der Waals surface area contributed by atoms with Crippen LogP contribution < -0.4 is 5.32 Å². The average Bonchev–Trinajstić information content (AvgIpc) is 1.99. The third-order valence-electron chi connectivity index (χ3n) is 1.97. The maximum Gasteiger partial charge on any atom is 0.0835 e. The second kappa shape index (κ2) is 4.91. The minimum atomic E-state index is 0.0134. The summed E-state index contributed by atoms with van der Waals surface area (Å²) in [6.45, 7) is 6.36. The topological polar surface area (TPSA) is 48.2 Å². The summed E-state index contributed by atoms with van der Waals surface area (Å²) in [5.74, 6) is 0. The largest absolute Gasteiger partial charge is 0.392 e. The van der Waals surface area contributed by atoms with Crippen LogP contribution in [-0.4, -0.2) is 7.05 Å². The molecule has 0 aromatic heterocycles. The van der Waals surface area contributed by atoms with Crippen LogP contribution in [0.15, 0.2) is 17.0 Å². The van der Waals surface area contributed by atoms with Crippen LogP contribution >= 0.6 is 0 Å². The number of hydrogen-bond acceptors (Lipinski definition) is 3. The fourth-order valence-corrected chi connectivity index (χ4v) is 1.27. The van der Waals surface area contributed by atoms with Gasteiger partial charge < -0.3 is 5.32 Å². The molecule has 70 valence electrons. The van der Waals surface area contributed by atoms with Crippen LogP contribution in [0.5, 0.6) is 0 Å². The molecule has 0 bridgehead atoms. The van der Waals surface area contributed by atoms with E-state index in [4.69, 9.17) is 5.53 Å². The van der Waals surface area contributed by atoms with Gasteiger partial charge in [-0.05, 0) is 6.42 Å². The van der Waals surface area contributed by atoms with Crippen LogP contribution in [-0.2, 0) is 0 Å². The van der Waals surface area contributed by atoms with Gasteiger partial charge in [0.25, 0.3) is 0 Å². The Labute approximate surface area is 74.8 Å². The van der Waals surface area contributed by atoms with E-state index in [-0.39, 0.29) is 5.41 Å². The second-order valence-electron chi connectivity index (χ2n) is 3.56. The molecule has 0 aliphatic heterocycles. The van der Waals surface area contributed by atoms with Crippen molar-refractivity contribution in [1.82, 2.24) is 5.32 Å². The highest BCUT2D eigenvalue weighted by Gasteiger charge is 2.21. The van der Waals surface area contributed by atoms with Crippen molar-refractivity contribution in [1.29, 1.82) is 5.53 Å². The Balaban J connectivity index is 4.47. The maximum atomic E-state index is 7.01. The van der Waals surface area contributed by atoms with Crippen molar-refractivity contribution in [2.45, 2.75) is 33.6 Å². The number of rotatable bonds is 5. The lowest BCUT2D eigenvalue weighted by Crippen LogP contribution is -2.15. The van der Waals surface area contributed by atoms with Crippen LogP contribution in [0.25, 0.3) is 0 Å². The van der Waals surface area contributed by atoms with Crippen molar-refractivity contribution < 1.29 is 0 Å². The first-order valence-electron chi connectivity index (χ1n) is 4.34. The normalized spacial score (nSPS) is 12.8. The van der Waals surface area contributed by atoms with Gasteiger partial charge in [-0.25, -0.2) is 5.53 Å². The molecule has 0 unspecified atom stereocenters. The van der Waals surface area contributed by atoms with Crippen molar-refractivity contribution in [3.05, 3.63) is 11.9 Å². The summed E-state index contributed by atoms with van der Waals surface area (Å²) in [5, 5.41) is 6.42. The first-order valence-corrected chi connectivity index (χ1v) is 4.34. The smallest absolute Gasteiger partial charge is 0.0835 e. The van der Waals surface area contributed by atoms with Crippen LogP contribution in [0.4, 0.5) is 0 Å². The van der Waals surface area contributed by atoms with Crippen LogP contribution in [0.3, 0.4) is 0 Å². The molecule has 0 spiro atoms. The zero-order valence-electron chi connectivity index (χ0n) is 8.44. The van der Waals surface area contributed by atoms with Crippen LogP contribution in [0.2, 0.25) is 0 Å². The summed E-state index contributed by atoms with van der Waals surface area (Å²) in [4.78, 5) is 0. The number of hydrogen-bond donors (Lipinski definition) is 2. The van der Waals surface area contributed by atoms with E-state index in [1.54, 1.807) is 6.20 Å². The minimum Gasteiger partial charge on any atom is -0.392 e. The predicted molar refractivity (Wildman–Crippen MR) is 51.0 cm³/mol. The van der Waals surface area contributed by atoms with Gasteiger partial charge in [-0.1, -0.05) is 27.2 Å². The molecule has 0 radical (unpaired) electrons. The summed E-state index contributed by atoms with van der Waals surface area (Å²) in [7, 11) is 1.83. The Morgan fingerprint density at radius 1 is 1.58 bits per heavy atom. The number of nitrogens with one attached hydrogen (secondary N) is 2. The maximum absolute atomic E-state index is 7.01. The Bertz CT molecular complexity index is 171. The van der Waals surface area contributed by atoms with Crippen molar-refractivity contribution >= 4 is 0 Å². The summed E-state index contributed by atoms with van der Waals surface area (Å²) in [5.41, 5.74) is 7.84. The van der Waals surface area contributed by atoms with Crippen LogP contribution in [0.1, 0.15) is 33.6 Å². The van der Waals surface area contributed by atoms with E-state index in [0.717, 1.165) is 18.5 Å². The quantitative estimate of drug-likeness (QED) is 0.611. The molecule has 0 fully saturated rings. The summed E-state index contributed by atoms with van der Waals surface area (Å²) >= 11 is 0. The van der Waals surface area contributed by atoms with E-state index in [1.165, 1.54) is 0 Å². The molecule has 0 aliphatic rings. The first kappa shape index (κ1) is 11.1. The summed E-state index contributed by atoms with van der Waals surface area (Å²) in [6.07, 6.45) is 3.97. The Morgan fingerprint density at radius 3 is 2.50 bits per heavy atom. The summed E-state index contributed by atoms with van der Waals surface area (Å²) < 4.78 is 0. The van der Waals surface area contributed by atoms with Crippen molar-refractivity contribution in [2.24, 2.45) is 10.5 Å². The highest BCUT2D eigenvalue weighted by molar-refractivity contribution is 5.08. The lowest BCUT2D eigenvalue weighted by Gasteiger charge is -2.23. The molecule has 2 N–H and O–H groups in total. The molecule has 0 saturated carbocycles. The Morgan fingerprint density at radius 2 is 2.17 bits per heavy atom. The molecule has 0 aliphatic carbocycles. The van der Waals surface area contributed by atoms with Crippen molar-refractivity contribution in [3.8, 4) is 0 Å². The molecule has 0 rings (SSSR count). The minimum absolute atomic E-state index is 0.0134. The molecule has 0 aromatic rings. The van der Waals surface area contributed by atoms with E-state index in [1.807, 2.05) is 7.05 Å². The fourth-order valence-electron chi connectivity index (χ4n) is 1.27. The second-order valence-corrected chi connectivity index (χ2v) is 3.56. The van der Waals surface area contributed by atoms with E-state index in [2.05, 4.69) is 31.2 Å². The standard InChI is InChI=1S/C9H19N3/c1-5-6-9(2,3)8(12-10)7-11-4/h7,10-11H,5-6H2,1-4H3/b8-7-,12-10?. The highest BCUT2D eigenvalue weighted by atomic mass is 15.0. The molecule has 0 heterocycles. The molecular weight excluding hydrogens is 150 g/mol. The highest BCUT2D eigenvalue weighted by Crippen LogP contribution is 2.31. The van der Waals surface area contributed by atoms with E-state index in [9.17, 15) is 0 Å². The Kier molecular flexibility index (Phi) is 4.55. The molecule has 0 atom stereocenters. The lowest BCUT2D eigenvalue weighted by molar-refractivity contribution is 0.391. The van der Waals surface area contributed by atoms with Gasteiger partial charge in [-0.15, -0.1) is 0 Å². The Hall–Kier alpha value is -0.860. The van der Waals surface area contributed by atoms with E-state index >= 15 is 0 Å². The molecule has 12 heavy (non-hydrogen) atoms. The van der Waals surface area contributed by atoms with Gasteiger partial charge in [-0.2, -0.15) is 5.11 Å². The predicted octanol–water partition coefficient (Wildman–Crippen LogP) is 2.90. The van der Waals surface area contributed by atoms with Crippen molar-refractivity contribution in [3.63, 3.8) is 0 Å². The molecule has 0 aromatic carbocycles. The molecule has 3 heteroatoms. The monoisotopic (exact) mass is 169 g/mol. The SMILES string of the molecule is CCCC(C)(C)/C(=C/NC)N=N. The van der Waals surface area contributed by atoms with Gasteiger partial charge in [0.15, 0.2) is 0 Å². The zero-order valence-corrected chi connectivity index (χ0v) is 8.44. The van der Waals surface area contributed by atoms with E-state index in [0.29, 0.717) is 0 Å². The van der Waals surface area contributed by atoms with Gasteiger partial charge in [-0.3, -0.25) is 0 Å². The number of allylic oxidation sites excluding steroid dienone is 1. The average molecular weight is 169 g/mol. The van der Waals surface area contributed by atoms with Crippen LogP contribution in [0, 0.1) is 10.9 Å². The zero-order chi connectivity index (χ0) is 9.61. The first-order chi connectivity index (χ1) is 5.58. The molecule has 0 saturated heterocycles. The van der Waals surface area contributed by atoms with Gasteiger partial charge in [0.2, 0.25) is 0 Å². The van der Waals surface area contributed by atoms with Gasteiger partial charge in [0, 0.05) is 18.7 Å². The third-order valence-corrected chi connectivity index (χ3v) is 1.97. The van der Waals surface area contributed by atoms with Crippen molar-refractivity contribution in [2.75, 3.05) is 7.05 Å². The fraction of sp³-hybridized carbons (Fsp3) is 0.778. The van der Waals surface area contributed by atoms with Gasteiger partial charge in [0.05, 0.1) is 5.70 Å². The molecular formula is C9H19N3. The van der Waals surface area contributed by atoms with Gasteiger partial charge in [0.1, 0.15) is 0 Å². The molecule has 3 nitrogen and oxygen atoms in total. The van der Waals surface area contributed by atoms with E-state index < -0.39 is 0 Å². The summed E-state index contributed by atoms with van der Waals surface area (Å²) in [6, 6.07) is 0.